The van der Waals surface area contributed by atoms with Gasteiger partial charge in [0, 0.05) is 5.56 Å². The lowest BCUT2D eigenvalue weighted by atomic mass is 9.92. The van der Waals surface area contributed by atoms with Crippen LogP contribution in [0.5, 0.6) is 5.75 Å². The molecular weight excluding hydrogens is 198 g/mol. The van der Waals surface area contributed by atoms with Gasteiger partial charge in [0.2, 0.25) is 0 Å². The second kappa shape index (κ2) is 2.90. The predicted octanol–water partition coefficient (Wildman–Crippen LogP) is 2.91. The van der Waals surface area contributed by atoms with E-state index in [1.54, 1.807) is 6.07 Å². The van der Waals surface area contributed by atoms with Gasteiger partial charge in [-0.2, -0.15) is 5.26 Å². The van der Waals surface area contributed by atoms with Crippen LogP contribution in [0.15, 0.2) is 12.1 Å². The second-order valence-electron chi connectivity index (χ2n) is 3.78. The molecule has 0 amide bonds. The van der Waals surface area contributed by atoms with E-state index in [0.717, 1.165) is 18.4 Å². The van der Waals surface area contributed by atoms with Crippen LogP contribution in [0.1, 0.15) is 24.0 Å². The molecule has 1 fully saturated rings. The summed E-state index contributed by atoms with van der Waals surface area (Å²) in [6, 6.07) is 5.76. The van der Waals surface area contributed by atoms with Crippen molar-refractivity contribution in [1.29, 1.82) is 5.26 Å². The van der Waals surface area contributed by atoms with Crippen LogP contribution in [-0.4, -0.2) is 5.11 Å². The van der Waals surface area contributed by atoms with Crippen LogP contribution in [0.25, 0.3) is 0 Å². The first kappa shape index (κ1) is 9.36. The highest BCUT2D eigenvalue weighted by molar-refractivity contribution is 6.32. The molecule has 0 bridgehead atoms. The molecule has 1 aromatic rings. The highest BCUT2D eigenvalue weighted by Gasteiger charge is 2.47. The molecule has 2 nitrogen and oxygen atoms in total. The zero-order chi connectivity index (χ0) is 10.3. The normalized spacial score (nSPS) is 17.5. The molecule has 72 valence electrons. The van der Waals surface area contributed by atoms with Gasteiger partial charge in [0.25, 0.3) is 0 Å². The van der Waals surface area contributed by atoms with E-state index in [2.05, 4.69) is 6.07 Å². The zero-order valence-electron chi connectivity index (χ0n) is 7.84. The van der Waals surface area contributed by atoms with Gasteiger partial charge in [-0.25, -0.2) is 0 Å². The molecule has 1 aliphatic rings. The van der Waals surface area contributed by atoms with Crippen molar-refractivity contribution in [2.75, 3.05) is 0 Å². The van der Waals surface area contributed by atoms with Crippen LogP contribution in [0.2, 0.25) is 5.02 Å². The van der Waals surface area contributed by atoms with Gasteiger partial charge in [0.15, 0.2) is 0 Å². The molecule has 1 saturated carbocycles. The second-order valence-corrected chi connectivity index (χ2v) is 4.19. The number of benzene rings is 1. The summed E-state index contributed by atoms with van der Waals surface area (Å²) in [7, 11) is 0. The van der Waals surface area contributed by atoms with Gasteiger partial charge in [-0.05, 0) is 31.4 Å². The Bertz CT molecular complexity index is 430. The van der Waals surface area contributed by atoms with Crippen LogP contribution in [0, 0.1) is 18.3 Å². The molecule has 2 rings (SSSR count). The summed E-state index contributed by atoms with van der Waals surface area (Å²) in [5, 5.41) is 19.2. The molecule has 0 aliphatic heterocycles. The smallest absolute Gasteiger partial charge is 0.139 e. The molecule has 0 atom stereocenters. The third kappa shape index (κ3) is 1.17. The largest absolute Gasteiger partial charge is 0.506 e. The van der Waals surface area contributed by atoms with E-state index < -0.39 is 5.41 Å². The number of hydrogen-bond donors (Lipinski definition) is 1. The van der Waals surface area contributed by atoms with E-state index in [9.17, 15) is 5.11 Å². The van der Waals surface area contributed by atoms with E-state index in [4.69, 9.17) is 16.9 Å². The lowest BCUT2D eigenvalue weighted by Crippen LogP contribution is -2.05. The number of aromatic hydroxyl groups is 1. The van der Waals surface area contributed by atoms with E-state index in [0.29, 0.717) is 10.6 Å². The average Bonchev–Trinajstić information content (AvgIpc) is 2.93. The van der Waals surface area contributed by atoms with E-state index in [1.807, 2.05) is 13.0 Å². The highest BCUT2D eigenvalue weighted by atomic mass is 35.5. The summed E-state index contributed by atoms with van der Waals surface area (Å²) in [5.41, 5.74) is 1.18. The number of rotatable bonds is 1. The van der Waals surface area contributed by atoms with Crippen LogP contribution in [-0.2, 0) is 5.41 Å². The number of hydrogen-bond acceptors (Lipinski definition) is 2. The summed E-state index contributed by atoms with van der Waals surface area (Å²) in [6.45, 7) is 1.89. The molecule has 3 heteroatoms. The molecule has 0 radical (unpaired) electrons. The minimum Gasteiger partial charge on any atom is -0.506 e. The maximum Gasteiger partial charge on any atom is 0.139 e. The number of aryl methyl sites for hydroxylation is 1. The number of phenolic OH excluding ortho intramolecular Hbond substituents is 1. The van der Waals surface area contributed by atoms with Crippen molar-refractivity contribution in [1.82, 2.24) is 0 Å². The van der Waals surface area contributed by atoms with Crippen LogP contribution < -0.4 is 0 Å². The fourth-order valence-corrected chi connectivity index (χ4v) is 1.97. The summed E-state index contributed by atoms with van der Waals surface area (Å²) in [5.74, 6) is 0.0747. The first-order chi connectivity index (χ1) is 6.60. The Hall–Kier alpha value is -1.20. The summed E-state index contributed by atoms with van der Waals surface area (Å²) in [4.78, 5) is 0. The molecule has 0 aromatic heterocycles. The maximum atomic E-state index is 9.80. The Morgan fingerprint density at radius 1 is 1.50 bits per heavy atom. The first-order valence-corrected chi connectivity index (χ1v) is 4.88. The van der Waals surface area contributed by atoms with Gasteiger partial charge in [0.1, 0.15) is 5.75 Å². The van der Waals surface area contributed by atoms with Crippen molar-refractivity contribution in [3.05, 3.63) is 28.3 Å². The van der Waals surface area contributed by atoms with Crippen molar-refractivity contribution in [3.63, 3.8) is 0 Å². The van der Waals surface area contributed by atoms with E-state index in [1.165, 1.54) is 0 Å². The van der Waals surface area contributed by atoms with Gasteiger partial charge >= 0.3 is 0 Å². The van der Waals surface area contributed by atoms with Gasteiger partial charge in [-0.1, -0.05) is 17.7 Å². The Kier molecular flexibility index (Phi) is 1.94. The van der Waals surface area contributed by atoms with Crippen molar-refractivity contribution in [3.8, 4) is 11.8 Å². The summed E-state index contributed by atoms with van der Waals surface area (Å²) in [6.07, 6.45) is 1.64. The number of nitriles is 1. The SMILES string of the molecule is Cc1ccc(Cl)c(O)c1C1(C#N)CC1. The predicted molar refractivity (Wildman–Crippen MR) is 54.4 cm³/mol. The topological polar surface area (TPSA) is 44.0 Å². The molecule has 1 aliphatic carbocycles. The van der Waals surface area contributed by atoms with Gasteiger partial charge in [-0.3, -0.25) is 0 Å². The van der Waals surface area contributed by atoms with Crippen LogP contribution >= 0.6 is 11.6 Å². The minimum atomic E-state index is -0.473. The van der Waals surface area contributed by atoms with Gasteiger partial charge in [-0.15, -0.1) is 0 Å². The van der Waals surface area contributed by atoms with Crippen LogP contribution in [0.4, 0.5) is 0 Å². The number of nitrogens with zero attached hydrogens (tertiary/aromatic N) is 1. The van der Waals surface area contributed by atoms with Crippen molar-refractivity contribution in [2.24, 2.45) is 0 Å². The zero-order valence-corrected chi connectivity index (χ0v) is 8.60. The first-order valence-electron chi connectivity index (χ1n) is 4.50. The Morgan fingerprint density at radius 2 is 2.14 bits per heavy atom. The Labute approximate surface area is 87.7 Å². The molecule has 0 unspecified atom stereocenters. The summed E-state index contributed by atoms with van der Waals surface area (Å²) < 4.78 is 0. The molecule has 1 aromatic carbocycles. The van der Waals surface area contributed by atoms with Crippen molar-refractivity contribution >= 4 is 11.6 Å². The van der Waals surface area contributed by atoms with Crippen molar-refractivity contribution < 1.29 is 5.11 Å². The molecule has 0 saturated heterocycles. The highest BCUT2D eigenvalue weighted by Crippen LogP contribution is 2.53. The maximum absolute atomic E-state index is 9.80. The van der Waals surface area contributed by atoms with E-state index in [-0.39, 0.29) is 5.75 Å². The molecule has 0 heterocycles. The van der Waals surface area contributed by atoms with Gasteiger partial charge in [0.05, 0.1) is 16.5 Å². The average molecular weight is 208 g/mol. The monoisotopic (exact) mass is 207 g/mol. The van der Waals surface area contributed by atoms with Crippen LogP contribution in [0.3, 0.4) is 0 Å². The lowest BCUT2D eigenvalue weighted by molar-refractivity contribution is 0.464. The molecule has 0 spiro atoms. The fourth-order valence-electron chi connectivity index (χ4n) is 1.81. The van der Waals surface area contributed by atoms with Crippen molar-refractivity contribution in [2.45, 2.75) is 25.2 Å². The lowest BCUT2D eigenvalue weighted by Gasteiger charge is -2.13. The molecule has 14 heavy (non-hydrogen) atoms. The quantitative estimate of drug-likeness (QED) is 0.770. The molecular formula is C11H10ClNO. The number of phenols is 1. The Balaban J connectivity index is 2.64. The molecule has 1 N–H and O–H groups in total. The fraction of sp³-hybridized carbons (Fsp3) is 0.364. The third-order valence-corrected chi connectivity index (χ3v) is 3.08. The summed E-state index contributed by atoms with van der Waals surface area (Å²) >= 11 is 5.82. The third-order valence-electron chi connectivity index (χ3n) is 2.78. The minimum absolute atomic E-state index is 0.0747. The number of halogens is 1. The van der Waals surface area contributed by atoms with Gasteiger partial charge < -0.3 is 5.11 Å². The Morgan fingerprint density at radius 3 is 2.64 bits per heavy atom. The standard InChI is InChI=1S/C11H10ClNO/c1-7-2-3-8(12)10(14)9(7)11(6-13)4-5-11/h2-3,14H,4-5H2,1H3. The van der Waals surface area contributed by atoms with E-state index >= 15 is 0 Å².